The summed E-state index contributed by atoms with van der Waals surface area (Å²) in [6.45, 7) is 6.92. The van der Waals surface area contributed by atoms with Crippen LogP contribution in [-0.2, 0) is 19.6 Å². The first-order valence-electron chi connectivity index (χ1n) is 11.0. The van der Waals surface area contributed by atoms with E-state index >= 15 is 0 Å². The molecular weight excluding hydrogens is 442 g/mol. The Morgan fingerprint density at radius 3 is 2.03 bits per heavy atom. The second-order valence-electron chi connectivity index (χ2n) is 8.65. The van der Waals surface area contributed by atoms with E-state index in [1.807, 2.05) is 37.8 Å². The Kier molecular flexibility index (Phi) is 6.30. The number of aryl methyl sites for hydroxylation is 3. The van der Waals surface area contributed by atoms with Crippen molar-refractivity contribution in [2.45, 2.75) is 38.1 Å². The number of benzene rings is 2. The molecule has 2 aliphatic heterocycles. The van der Waals surface area contributed by atoms with E-state index in [9.17, 15) is 18.0 Å². The van der Waals surface area contributed by atoms with Gasteiger partial charge < -0.3 is 4.74 Å². The summed E-state index contributed by atoms with van der Waals surface area (Å²) >= 11 is 0. The number of rotatable bonds is 5. The molecule has 176 valence electrons. The SMILES string of the molecule is COc1ccc(N2C(=O)CC(N3CCN(S(=O)(=O)c4c(C)cc(C)cc4C)CC3)C2=O)cc1. The average molecular weight is 472 g/mol. The molecule has 0 N–H and O–H groups in total. The quantitative estimate of drug-likeness (QED) is 0.622. The Morgan fingerprint density at radius 2 is 1.48 bits per heavy atom. The van der Waals surface area contributed by atoms with Crippen LogP contribution < -0.4 is 9.64 Å². The fourth-order valence-corrected chi connectivity index (χ4v) is 6.70. The summed E-state index contributed by atoms with van der Waals surface area (Å²) in [5, 5.41) is 0. The highest BCUT2D eigenvalue weighted by Gasteiger charge is 2.44. The summed E-state index contributed by atoms with van der Waals surface area (Å²) < 4.78 is 33.3. The number of hydrogen-bond donors (Lipinski definition) is 0. The number of nitrogens with zero attached hydrogens (tertiary/aromatic N) is 3. The summed E-state index contributed by atoms with van der Waals surface area (Å²) in [4.78, 5) is 29.2. The van der Waals surface area contributed by atoms with Crippen molar-refractivity contribution in [3.63, 3.8) is 0 Å². The molecule has 2 aromatic rings. The summed E-state index contributed by atoms with van der Waals surface area (Å²) in [6.07, 6.45) is 0.0911. The van der Waals surface area contributed by atoms with Crippen LogP contribution in [0.1, 0.15) is 23.1 Å². The third-order valence-electron chi connectivity index (χ3n) is 6.37. The molecule has 0 aliphatic carbocycles. The van der Waals surface area contributed by atoms with Gasteiger partial charge in [0.05, 0.1) is 30.2 Å². The van der Waals surface area contributed by atoms with Crippen LogP contribution in [0, 0.1) is 20.8 Å². The van der Waals surface area contributed by atoms with Crippen molar-refractivity contribution in [2.24, 2.45) is 0 Å². The van der Waals surface area contributed by atoms with Gasteiger partial charge in [0.25, 0.3) is 5.91 Å². The van der Waals surface area contributed by atoms with Gasteiger partial charge >= 0.3 is 0 Å². The predicted octanol–water partition coefficient (Wildman–Crippen LogP) is 2.26. The fraction of sp³-hybridized carbons (Fsp3) is 0.417. The van der Waals surface area contributed by atoms with Crippen LogP contribution in [0.5, 0.6) is 5.75 Å². The van der Waals surface area contributed by atoms with Gasteiger partial charge in [-0.2, -0.15) is 4.31 Å². The van der Waals surface area contributed by atoms with E-state index in [1.54, 1.807) is 31.4 Å². The fourth-order valence-electron chi connectivity index (χ4n) is 4.86. The number of sulfonamides is 1. The Morgan fingerprint density at radius 1 is 0.909 bits per heavy atom. The summed E-state index contributed by atoms with van der Waals surface area (Å²) in [5.41, 5.74) is 3.02. The number of anilines is 1. The number of carbonyl (C=O) groups excluding carboxylic acids is 2. The average Bonchev–Trinajstić information content (AvgIpc) is 3.07. The van der Waals surface area contributed by atoms with Gasteiger partial charge in [-0.1, -0.05) is 17.7 Å². The first-order chi connectivity index (χ1) is 15.6. The predicted molar refractivity (Wildman–Crippen MR) is 125 cm³/mol. The second-order valence-corrected chi connectivity index (χ2v) is 10.5. The maximum Gasteiger partial charge on any atom is 0.251 e. The topological polar surface area (TPSA) is 87.2 Å². The third-order valence-corrected chi connectivity index (χ3v) is 8.57. The molecule has 2 fully saturated rings. The molecule has 8 nitrogen and oxygen atoms in total. The van der Waals surface area contributed by atoms with Crippen molar-refractivity contribution in [3.05, 3.63) is 53.1 Å². The van der Waals surface area contributed by atoms with Crippen molar-refractivity contribution in [1.29, 1.82) is 0 Å². The van der Waals surface area contributed by atoms with Crippen molar-refractivity contribution >= 4 is 27.5 Å². The lowest BCUT2D eigenvalue weighted by molar-refractivity contribution is -0.123. The van der Waals surface area contributed by atoms with E-state index in [1.165, 1.54) is 9.21 Å². The third kappa shape index (κ3) is 4.28. The molecule has 0 radical (unpaired) electrons. The smallest absolute Gasteiger partial charge is 0.251 e. The first kappa shape index (κ1) is 23.4. The molecule has 2 aromatic carbocycles. The molecule has 33 heavy (non-hydrogen) atoms. The Hall–Kier alpha value is -2.75. The number of hydrogen-bond acceptors (Lipinski definition) is 6. The monoisotopic (exact) mass is 471 g/mol. The molecule has 0 saturated carbocycles. The zero-order valence-corrected chi connectivity index (χ0v) is 20.2. The van der Waals surface area contributed by atoms with E-state index in [0.29, 0.717) is 29.4 Å². The number of carbonyl (C=O) groups is 2. The highest BCUT2D eigenvalue weighted by molar-refractivity contribution is 7.89. The molecular formula is C24H29N3O5S. The van der Waals surface area contributed by atoms with Gasteiger partial charge in [0.15, 0.2) is 0 Å². The van der Waals surface area contributed by atoms with E-state index < -0.39 is 16.1 Å². The Bertz CT molecular complexity index is 1160. The first-order valence-corrected chi connectivity index (χ1v) is 12.4. The molecule has 9 heteroatoms. The van der Waals surface area contributed by atoms with Crippen molar-refractivity contribution in [1.82, 2.24) is 9.21 Å². The van der Waals surface area contributed by atoms with Crippen LogP contribution in [0.4, 0.5) is 5.69 Å². The minimum atomic E-state index is -3.64. The zero-order valence-electron chi connectivity index (χ0n) is 19.4. The van der Waals surface area contributed by atoms with E-state index in [2.05, 4.69) is 0 Å². The minimum absolute atomic E-state index is 0.0911. The molecule has 1 unspecified atom stereocenters. The molecule has 2 amide bonds. The second kappa shape index (κ2) is 8.89. The van der Waals surface area contributed by atoms with Gasteiger partial charge in [0.1, 0.15) is 5.75 Å². The normalized spacial score (nSPS) is 20.5. The molecule has 2 aliphatic rings. The van der Waals surface area contributed by atoms with Crippen LogP contribution in [0.15, 0.2) is 41.3 Å². The lowest BCUT2D eigenvalue weighted by Gasteiger charge is -2.36. The molecule has 0 bridgehead atoms. The van der Waals surface area contributed by atoms with E-state index in [0.717, 1.165) is 16.7 Å². The van der Waals surface area contributed by atoms with Gasteiger partial charge in [-0.3, -0.25) is 14.5 Å². The van der Waals surface area contributed by atoms with Crippen LogP contribution in [0.3, 0.4) is 0 Å². The zero-order chi connectivity index (χ0) is 23.9. The van der Waals surface area contributed by atoms with Crippen molar-refractivity contribution in [3.8, 4) is 5.75 Å². The number of imide groups is 1. The maximum atomic E-state index is 13.3. The molecule has 4 rings (SSSR count). The van der Waals surface area contributed by atoms with Gasteiger partial charge in [0.2, 0.25) is 15.9 Å². The van der Waals surface area contributed by atoms with Gasteiger partial charge in [-0.25, -0.2) is 13.3 Å². The van der Waals surface area contributed by atoms with E-state index in [-0.39, 0.29) is 31.3 Å². The standard InChI is InChI=1S/C24H29N3O5S/c1-16-13-17(2)23(18(3)14-16)33(30,31)26-11-9-25(10-12-26)21-15-22(28)27(24(21)29)19-5-7-20(32-4)8-6-19/h5-8,13-14,21H,9-12,15H2,1-4H3. The Labute approximate surface area is 194 Å². The molecule has 0 spiro atoms. The van der Waals surface area contributed by atoms with Gasteiger partial charge in [-0.15, -0.1) is 0 Å². The van der Waals surface area contributed by atoms with Crippen molar-refractivity contribution < 1.29 is 22.7 Å². The summed E-state index contributed by atoms with van der Waals surface area (Å²) in [7, 11) is -2.09. The lowest BCUT2D eigenvalue weighted by atomic mass is 10.1. The van der Waals surface area contributed by atoms with Crippen molar-refractivity contribution in [2.75, 3.05) is 38.2 Å². The largest absolute Gasteiger partial charge is 0.497 e. The lowest BCUT2D eigenvalue weighted by Crippen LogP contribution is -2.53. The number of amides is 2. The van der Waals surface area contributed by atoms with Gasteiger partial charge in [-0.05, 0) is 56.2 Å². The summed E-state index contributed by atoms with van der Waals surface area (Å²) in [6, 6.07) is 9.98. The maximum absolute atomic E-state index is 13.3. The summed E-state index contributed by atoms with van der Waals surface area (Å²) in [5.74, 6) is 0.119. The molecule has 0 aromatic heterocycles. The van der Waals surface area contributed by atoms with Crippen LogP contribution >= 0.6 is 0 Å². The number of ether oxygens (including phenoxy) is 1. The molecule has 1 atom stereocenters. The highest BCUT2D eigenvalue weighted by Crippen LogP contribution is 2.30. The Balaban J connectivity index is 1.47. The highest BCUT2D eigenvalue weighted by atomic mass is 32.2. The number of piperazine rings is 1. The minimum Gasteiger partial charge on any atom is -0.497 e. The van der Waals surface area contributed by atoms with Crippen LogP contribution in [-0.4, -0.2) is 68.8 Å². The van der Waals surface area contributed by atoms with Crippen LogP contribution in [0.2, 0.25) is 0 Å². The number of methoxy groups -OCH3 is 1. The van der Waals surface area contributed by atoms with E-state index in [4.69, 9.17) is 4.74 Å². The molecule has 2 heterocycles. The molecule has 2 saturated heterocycles. The van der Waals surface area contributed by atoms with Gasteiger partial charge in [0, 0.05) is 26.2 Å². The van der Waals surface area contributed by atoms with Crippen LogP contribution in [0.25, 0.3) is 0 Å².